The number of nitrogens with zero attached hydrogens (tertiary/aromatic N) is 1. The lowest BCUT2D eigenvalue weighted by atomic mass is 10.2. The van der Waals surface area contributed by atoms with Crippen LogP contribution in [0, 0.1) is 0 Å². The molecule has 1 aromatic heterocycles. The van der Waals surface area contributed by atoms with Crippen molar-refractivity contribution in [2.75, 3.05) is 13.1 Å². The molecule has 0 aliphatic carbocycles. The Bertz CT molecular complexity index is 535. The fourth-order valence-electron chi connectivity index (χ4n) is 2.12. The van der Waals surface area contributed by atoms with Crippen molar-refractivity contribution in [2.45, 2.75) is 31.4 Å². The lowest BCUT2D eigenvalue weighted by Crippen LogP contribution is -2.41. The van der Waals surface area contributed by atoms with Crippen LogP contribution in [0.4, 0.5) is 8.78 Å². The third-order valence-electron chi connectivity index (χ3n) is 3.29. The summed E-state index contributed by atoms with van der Waals surface area (Å²) in [5.41, 5.74) is 0.872. The Morgan fingerprint density at radius 2 is 2.08 bits per heavy atom. The van der Waals surface area contributed by atoms with Crippen LogP contribution in [0.2, 0.25) is 0 Å². The quantitative estimate of drug-likeness (QED) is 0.684. The highest BCUT2D eigenvalue weighted by atomic mass is 35.5. The minimum atomic E-state index is -2.84. The monoisotopic (exact) mass is 384 g/mol. The van der Waals surface area contributed by atoms with Crippen LogP contribution in [0.3, 0.4) is 0 Å². The maximum absolute atomic E-state index is 13.0. The van der Waals surface area contributed by atoms with Gasteiger partial charge in [0.05, 0.1) is 12.6 Å². The van der Waals surface area contributed by atoms with Crippen molar-refractivity contribution >= 4 is 36.6 Å². The van der Waals surface area contributed by atoms with E-state index in [0.29, 0.717) is 6.54 Å². The Kier molecular flexibility index (Phi) is 9.72. The van der Waals surface area contributed by atoms with E-state index in [2.05, 4.69) is 20.9 Å². The van der Waals surface area contributed by atoms with E-state index < -0.39 is 30.8 Å². The van der Waals surface area contributed by atoms with Crippen LogP contribution in [0.1, 0.15) is 18.4 Å². The molecule has 0 spiro atoms. The minimum Gasteiger partial charge on any atom is -0.354 e. The zero-order chi connectivity index (χ0) is 16.0. The van der Waals surface area contributed by atoms with E-state index in [1.807, 2.05) is 6.07 Å². The number of hydrogen-bond acceptors (Lipinski definition) is 4. The van der Waals surface area contributed by atoms with Crippen molar-refractivity contribution in [1.82, 2.24) is 20.9 Å². The summed E-state index contributed by atoms with van der Waals surface area (Å²) in [6.45, 7) is -0.0187. The Labute approximate surface area is 151 Å². The summed E-state index contributed by atoms with van der Waals surface area (Å²) in [6, 6.07) is 2.71. The highest BCUT2D eigenvalue weighted by molar-refractivity contribution is 5.85. The zero-order valence-electron chi connectivity index (χ0n) is 12.8. The van der Waals surface area contributed by atoms with Crippen LogP contribution >= 0.6 is 24.8 Å². The molecule has 1 atom stereocenters. The third kappa shape index (κ3) is 7.37. The maximum Gasteiger partial charge on any atom is 0.262 e. The van der Waals surface area contributed by atoms with Crippen molar-refractivity contribution in [1.29, 1.82) is 0 Å². The summed E-state index contributed by atoms with van der Waals surface area (Å²) in [5.74, 6) is -3.57. The van der Waals surface area contributed by atoms with Gasteiger partial charge >= 0.3 is 0 Å². The van der Waals surface area contributed by atoms with E-state index >= 15 is 0 Å². The molecule has 0 bridgehead atoms. The van der Waals surface area contributed by atoms with Crippen molar-refractivity contribution in [3.05, 3.63) is 30.1 Å². The Hall–Kier alpha value is -1.51. The van der Waals surface area contributed by atoms with Gasteiger partial charge < -0.3 is 10.6 Å². The molecular weight excluding hydrogens is 365 g/mol. The third-order valence-corrected chi connectivity index (χ3v) is 3.29. The number of hydrogen-bond donors (Lipinski definition) is 3. The lowest BCUT2D eigenvalue weighted by molar-refractivity contribution is -0.124. The van der Waals surface area contributed by atoms with Gasteiger partial charge in [0.25, 0.3) is 5.92 Å². The molecule has 1 fully saturated rings. The second-order valence-corrected chi connectivity index (χ2v) is 5.17. The maximum atomic E-state index is 13.0. The fraction of sp³-hybridized carbons (Fsp3) is 0.500. The summed E-state index contributed by atoms with van der Waals surface area (Å²) in [4.78, 5) is 27.2. The van der Waals surface area contributed by atoms with Crippen LogP contribution in [0.5, 0.6) is 0 Å². The van der Waals surface area contributed by atoms with E-state index in [-0.39, 0.29) is 43.7 Å². The zero-order valence-corrected chi connectivity index (χ0v) is 14.4. The van der Waals surface area contributed by atoms with Gasteiger partial charge in [0.2, 0.25) is 11.8 Å². The Morgan fingerprint density at radius 3 is 2.67 bits per heavy atom. The molecule has 2 rings (SSSR count). The van der Waals surface area contributed by atoms with Gasteiger partial charge in [0.1, 0.15) is 0 Å². The minimum absolute atomic E-state index is 0. The first kappa shape index (κ1) is 22.5. The van der Waals surface area contributed by atoms with Crippen LogP contribution < -0.4 is 16.0 Å². The number of rotatable bonds is 6. The van der Waals surface area contributed by atoms with Gasteiger partial charge in [-0.3, -0.25) is 19.9 Å². The highest BCUT2D eigenvalue weighted by Crippen LogP contribution is 2.24. The predicted octanol–water partition coefficient (Wildman–Crippen LogP) is 1.04. The number of alkyl halides is 2. The van der Waals surface area contributed by atoms with E-state index in [1.54, 1.807) is 18.5 Å². The van der Waals surface area contributed by atoms with Gasteiger partial charge in [-0.25, -0.2) is 8.78 Å². The van der Waals surface area contributed by atoms with E-state index in [9.17, 15) is 18.4 Å². The van der Waals surface area contributed by atoms with Gasteiger partial charge in [-0.05, 0) is 11.6 Å². The van der Waals surface area contributed by atoms with E-state index in [1.165, 1.54) is 0 Å². The van der Waals surface area contributed by atoms with Crippen LogP contribution in [-0.2, 0) is 16.1 Å². The van der Waals surface area contributed by atoms with Crippen LogP contribution in [-0.4, -0.2) is 41.9 Å². The molecule has 1 unspecified atom stereocenters. The molecule has 2 amide bonds. The van der Waals surface area contributed by atoms with Crippen LogP contribution in [0.25, 0.3) is 0 Å². The first-order valence-corrected chi connectivity index (χ1v) is 7.01. The number of pyridine rings is 1. The van der Waals surface area contributed by atoms with Crippen molar-refractivity contribution < 1.29 is 18.4 Å². The van der Waals surface area contributed by atoms with Crippen LogP contribution in [0.15, 0.2) is 24.5 Å². The molecule has 3 N–H and O–H groups in total. The first-order valence-electron chi connectivity index (χ1n) is 7.01. The summed E-state index contributed by atoms with van der Waals surface area (Å²) >= 11 is 0. The molecule has 0 aromatic carbocycles. The molecule has 1 saturated heterocycles. The lowest BCUT2D eigenvalue weighted by Gasteiger charge is -2.11. The van der Waals surface area contributed by atoms with E-state index in [4.69, 9.17) is 0 Å². The highest BCUT2D eigenvalue weighted by Gasteiger charge is 2.42. The largest absolute Gasteiger partial charge is 0.354 e. The molecule has 0 radical (unpaired) electrons. The molecule has 10 heteroatoms. The number of nitrogens with one attached hydrogen (secondary N) is 3. The number of carbonyl (C=O) groups is 2. The SMILES string of the molecule is Cl.Cl.O=C(CCNC(=O)C1CC(F)(F)CN1)NCc1cccnc1. The molecule has 0 saturated carbocycles. The average Bonchev–Trinajstić information content (AvgIpc) is 2.86. The molecule has 2 heterocycles. The second kappa shape index (κ2) is 10.4. The number of amides is 2. The fourth-order valence-corrected chi connectivity index (χ4v) is 2.12. The summed E-state index contributed by atoms with van der Waals surface area (Å²) in [6.07, 6.45) is 2.87. The topological polar surface area (TPSA) is 83.1 Å². The summed E-state index contributed by atoms with van der Waals surface area (Å²) in [7, 11) is 0. The summed E-state index contributed by atoms with van der Waals surface area (Å²) < 4.78 is 25.9. The van der Waals surface area contributed by atoms with Gasteiger partial charge in [-0.15, -0.1) is 24.8 Å². The molecule has 136 valence electrons. The van der Waals surface area contributed by atoms with Gasteiger partial charge in [0.15, 0.2) is 0 Å². The number of aromatic nitrogens is 1. The average molecular weight is 385 g/mol. The normalized spacial score (nSPS) is 18.0. The van der Waals surface area contributed by atoms with Crippen molar-refractivity contribution in [3.63, 3.8) is 0 Å². The molecule has 1 aromatic rings. The number of carbonyl (C=O) groups excluding carboxylic acids is 2. The van der Waals surface area contributed by atoms with Gasteiger partial charge in [-0.1, -0.05) is 6.07 Å². The smallest absolute Gasteiger partial charge is 0.262 e. The summed E-state index contributed by atoms with van der Waals surface area (Å²) in [5, 5.41) is 7.63. The first-order chi connectivity index (χ1) is 10.5. The molecule has 24 heavy (non-hydrogen) atoms. The Balaban J connectivity index is 0.00000264. The van der Waals surface area contributed by atoms with Gasteiger partial charge in [-0.2, -0.15) is 0 Å². The Morgan fingerprint density at radius 1 is 1.33 bits per heavy atom. The molecule has 1 aliphatic heterocycles. The standard InChI is InChI=1S/C14H18F2N4O2.2ClH/c15-14(16)6-11(20-9-14)13(22)18-5-3-12(21)19-8-10-2-1-4-17-7-10;;/h1-2,4,7,11,20H,3,5-6,8-9H2,(H,18,22)(H,19,21);2*1H. The molecule has 1 aliphatic rings. The van der Waals surface area contributed by atoms with Crippen molar-refractivity contribution in [2.24, 2.45) is 0 Å². The van der Waals surface area contributed by atoms with E-state index in [0.717, 1.165) is 5.56 Å². The second-order valence-electron chi connectivity index (χ2n) is 5.17. The number of halogens is 4. The predicted molar refractivity (Wildman–Crippen MR) is 89.6 cm³/mol. The molecule has 6 nitrogen and oxygen atoms in total. The van der Waals surface area contributed by atoms with Gasteiger partial charge in [0, 0.05) is 38.3 Å². The van der Waals surface area contributed by atoms with Crippen molar-refractivity contribution in [3.8, 4) is 0 Å². The molecular formula is C14H20Cl2F2N4O2.